The van der Waals surface area contributed by atoms with Crippen molar-refractivity contribution in [2.24, 2.45) is 0 Å². The zero-order valence-electron chi connectivity index (χ0n) is 12.9. The summed E-state index contributed by atoms with van der Waals surface area (Å²) in [5, 5.41) is 3.48. The minimum atomic E-state index is -0.0253. The van der Waals surface area contributed by atoms with Crippen molar-refractivity contribution in [2.45, 2.75) is 58.7 Å². The lowest BCUT2D eigenvalue weighted by Gasteiger charge is -2.24. The molecule has 2 atom stereocenters. The van der Waals surface area contributed by atoms with E-state index in [1.165, 1.54) is 11.1 Å². The number of rotatable bonds is 6. The molecule has 0 bridgehead atoms. The van der Waals surface area contributed by atoms with E-state index >= 15 is 0 Å². The van der Waals surface area contributed by atoms with Crippen LogP contribution in [0.1, 0.15) is 57.3 Å². The van der Waals surface area contributed by atoms with Crippen LogP contribution in [0.2, 0.25) is 0 Å². The molecule has 0 spiro atoms. The van der Waals surface area contributed by atoms with Crippen LogP contribution >= 0.6 is 0 Å². The monoisotopic (exact) mass is 274 g/mol. The molecule has 0 aliphatic carbocycles. The Morgan fingerprint density at radius 3 is 2.40 bits per heavy atom. The van der Waals surface area contributed by atoms with Crippen LogP contribution in [0.4, 0.5) is 0 Å². The summed E-state index contributed by atoms with van der Waals surface area (Å²) >= 11 is 0. The summed E-state index contributed by atoms with van der Waals surface area (Å²) in [7, 11) is 0. The fourth-order valence-corrected chi connectivity index (χ4v) is 2.75. The molecule has 1 aliphatic rings. The minimum absolute atomic E-state index is 0.0253. The van der Waals surface area contributed by atoms with E-state index in [2.05, 4.69) is 50.4 Å². The van der Waals surface area contributed by atoms with Gasteiger partial charge in [-0.15, -0.1) is 0 Å². The van der Waals surface area contributed by atoms with Gasteiger partial charge in [0.1, 0.15) is 6.17 Å². The summed E-state index contributed by atoms with van der Waals surface area (Å²) in [5.74, 6) is 0.255. The maximum Gasteiger partial charge on any atom is 0.241 e. The second-order valence-electron chi connectivity index (χ2n) is 5.51. The molecule has 2 rings (SSSR count). The Morgan fingerprint density at radius 2 is 1.85 bits per heavy atom. The van der Waals surface area contributed by atoms with Crippen molar-refractivity contribution in [3.63, 3.8) is 0 Å². The molecule has 20 heavy (non-hydrogen) atoms. The molecule has 1 aromatic carbocycles. The predicted octanol–water partition coefficient (Wildman–Crippen LogP) is 3.26. The van der Waals surface area contributed by atoms with E-state index in [0.717, 1.165) is 32.2 Å². The molecule has 0 radical (unpaired) electrons. The Labute approximate surface area is 122 Å². The first-order valence-electron chi connectivity index (χ1n) is 7.86. The molecule has 110 valence electrons. The van der Waals surface area contributed by atoms with Gasteiger partial charge in [0.25, 0.3) is 0 Å². The lowest BCUT2D eigenvalue weighted by atomic mass is 10.1. The van der Waals surface area contributed by atoms with E-state index in [1.54, 1.807) is 0 Å². The Kier molecular flexibility index (Phi) is 5.18. The maximum atomic E-state index is 12.4. The first-order chi connectivity index (χ1) is 9.71. The number of aryl methyl sites for hydroxylation is 1. The molecule has 1 amide bonds. The van der Waals surface area contributed by atoms with Gasteiger partial charge in [0, 0.05) is 6.54 Å². The van der Waals surface area contributed by atoms with Crippen molar-refractivity contribution in [1.82, 2.24) is 10.2 Å². The third kappa shape index (κ3) is 3.04. The van der Waals surface area contributed by atoms with Crippen LogP contribution in [0.25, 0.3) is 0 Å². The van der Waals surface area contributed by atoms with Crippen LogP contribution in [0.5, 0.6) is 0 Å². The predicted molar refractivity (Wildman–Crippen MR) is 82.4 cm³/mol. The first kappa shape index (κ1) is 15.0. The second kappa shape index (κ2) is 6.89. The number of carbonyl (C=O) groups is 1. The highest BCUT2D eigenvalue weighted by Gasteiger charge is 2.37. The van der Waals surface area contributed by atoms with Gasteiger partial charge in [-0.1, -0.05) is 51.5 Å². The fraction of sp³-hybridized carbons (Fsp3) is 0.588. The molecule has 0 aromatic heterocycles. The second-order valence-corrected chi connectivity index (χ2v) is 5.51. The van der Waals surface area contributed by atoms with E-state index in [9.17, 15) is 4.79 Å². The summed E-state index contributed by atoms with van der Waals surface area (Å²) in [6, 6.07) is 8.61. The number of carbonyl (C=O) groups excluding carboxylic acids is 1. The number of hydrogen-bond donors (Lipinski definition) is 1. The number of hydrogen-bond acceptors (Lipinski definition) is 2. The lowest BCUT2D eigenvalue weighted by Crippen LogP contribution is -2.31. The van der Waals surface area contributed by atoms with Gasteiger partial charge < -0.3 is 4.90 Å². The summed E-state index contributed by atoms with van der Waals surface area (Å²) in [5.41, 5.74) is 2.54. The maximum absolute atomic E-state index is 12.4. The SMILES string of the molecule is CCCCN1C(=O)C(CC)NC1c1ccc(CC)cc1. The molecule has 1 aromatic rings. The summed E-state index contributed by atoms with van der Waals surface area (Å²) in [6.45, 7) is 7.23. The lowest BCUT2D eigenvalue weighted by molar-refractivity contribution is -0.130. The quantitative estimate of drug-likeness (QED) is 0.863. The van der Waals surface area contributed by atoms with Gasteiger partial charge in [-0.05, 0) is 30.4 Å². The molecule has 1 saturated heterocycles. The molecule has 1 aliphatic heterocycles. The van der Waals surface area contributed by atoms with E-state index in [0.29, 0.717) is 0 Å². The molecular weight excluding hydrogens is 248 g/mol. The number of nitrogens with zero attached hydrogens (tertiary/aromatic N) is 1. The largest absolute Gasteiger partial charge is 0.322 e. The summed E-state index contributed by atoms with van der Waals surface area (Å²) in [6.07, 6.45) is 4.12. The fourth-order valence-electron chi connectivity index (χ4n) is 2.75. The normalized spacial score (nSPS) is 22.6. The van der Waals surface area contributed by atoms with Crippen LogP contribution < -0.4 is 5.32 Å². The Hall–Kier alpha value is -1.35. The minimum Gasteiger partial charge on any atom is -0.322 e. The molecule has 1 heterocycles. The molecule has 3 heteroatoms. The van der Waals surface area contributed by atoms with E-state index in [4.69, 9.17) is 0 Å². The average molecular weight is 274 g/mol. The van der Waals surface area contributed by atoms with E-state index in [1.807, 2.05) is 4.90 Å². The van der Waals surface area contributed by atoms with E-state index in [-0.39, 0.29) is 18.1 Å². The van der Waals surface area contributed by atoms with E-state index < -0.39 is 0 Å². The Bertz CT molecular complexity index is 441. The van der Waals surface area contributed by atoms with Gasteiger partial charge in [-0.25, -0.2) is 0 Å². The summed E-state index contributed by atoms with van der Waals surface area (Å²) < 4.78 is 0. The van der Waals surface area contributed by atoms with Crippen LogP contribution in [0.15, 0.2) is 24.3 Å². The van der Waals surface area contributed by atoms with Crippen LogP contribution in [0.3, 0.4) is 0 Å². The molecule has 3 nitrogen and oxygen atoms in total. The van der Waals surface area contributed by atoms with Crippen LogP contribution in [-0.4, -0.2) is 23.4 Å². The highest BCUT2D eigenvalue weighted by molar-refractivity contribution is 5.84. The standard InChI is InChI=1S/C17H26N2O/c1-4-7-12-19-16(18-15(6-3)17(19)20)14-10-8-13(5-2)9-11-14/h8-11,15-16,18H,4-7,12H2,1-3H3. The number of benzene rings is 1. The zero-order chi connectivity index (χ0) is 14.5. The Balaban J connectivity index is 2.19. The highest BCUT2D eigenvalue weighted by atomic mass is 16.2. The van der Waals surface area contributed by atoms with Crippen molar-refractivity contribution in [3.05, 3.63) is 35.4 Å². The Morgan fingerprint density at radius 1 is 1.15 bits per heavy atom. The molecular formula is C17H26N2O. The summed E-state index contributed by atoms with van der Waals surface area (Å²) in [4.78, 5) is 14.4. The topological polar surface area (TPSA) is 32.3 Å². The van der Waals surface area contributed by atoms with Crippen LogP contribution in [-0.2, 0) is 11.2 Å². The van der Waals surface area contributed by atoms with Gasteiger partial charge in [0.2, 0.25) is 5.91 Å². The zero-order valence-corrected chi connectivity index (χ0v) is 12.9. The molecule has 1 fully saturated rings. The van der Waals surface area contributed by atoms with Crippen molar-refractivity contribution < 1.29 is 4.79 Å². The van der Waals surface area contributed by atoms with Gasteiger partial charge >= 0.3 is 0 Å². The molecule has 2 unspecified atom stereocenters. The van der Waals surface area contributed by atoms with Crippen molar-refractivity contribution in [2.75, 3.05) is 6.54 Å². The highest BCUT2D eigenvalue weighted by Crippen LogP contribution is 2.27. The van der Waals surface area contributed by atoms with Crippen molar-refractivity contribution in [3.8, 4) is 0 Å². The van der Waals surface area contributed by atoms with Crippen LogP contribution in [0, 0.1) is 0 Å². The number of nitrogens with one attached hydrogen (secondary N) is 1. The van der Waals surface area contributed by atoms with Crippen molar-refractivity contribution in [1.29, 1.82) is 0 Å². The first-order valence-corrected chi connectivity index (χ1v) is 7.86. The number of amides is 1. The van der Waals surface area contributed by atoms with Crippen molar-refractivity contribution >= 4 is 5.91 Å². The van der Waals surface area contributed by atoms with Gasteiger partial charge in [0.05, 0.1) is 6.04 Å². The average Bonchev–Trinajstić information content (AvgIpc) is 2.81. The van der Waals surface area contributed by atoms with Gasteiger partial charge in [-0.3, -0.25) is 10.1 Å². The van der Waals surface area contributed by atoms with Gasteiger partial charge in [0.15, 0.2) is 0 Å². The third-order valence-electron chi connectivity index (χ3n) is 4.12. The third-order valence-corrected chi connectivity index (χ3v) is 4.12. The molecule has 1 N–H and O–H groups in total. The molecule has 0 saturated carbocycles. The van der Waals surface area contributed by atoms with Gasteiger partial charge in [-0.2, -0.15) is 0 Å². The smallest absolute Gasteiger partial charge is 0.241 e. The number of unbranched alkanes of at least 4 members (excludes halogenated alkanes) is 1.